The van der Waals surface area contributed by atoms with E-state index in [0.717, 1.165) is 29.4 Å². The summed E-state index contributed by atoms with van der Waals surface area (Å²) in [5.74, 6) is 0. The molecule has 29 heavy (non-hydrogen) atoms. The predicted molar refractivity (Wildman–Crippen MR) is 117 cm³/mol. The molecule has 6 nitrogen and oxygen atoms in total. The number of rotatable bonds is 10. The quantitative estimate of drug-likeness (QED) is 0.625. The molecule has 0 unspecified atom stereocenters. The molecule has 0 saturated heterocycles. The summed E-state index contributed by atoms with van der Waals surface area (Å²) in [6, 6.07) is 18.2. The average molecular weight is 433 g/mol. The van der Waals surface area contributed by atoms with E-state index in [0.29, 0.717) is 0 Å². The van der Waals surface area contributed by atoms with Gasteiger partial charge < -0.3 is 0 Å². The molecule has 0 radical (unpaired) electrons. The number of nitrogens with one attached hydrogen (secondary N) is 1. The Kier molecular flexibility index (Phi) is 7.02. The van der Waals surface area contributed by atoms with Gasteiger partial charge in [0.2, 0.25) is 20.0 Å². The summed E-state index contributed by atoms with van der Waals surface area (Å²) in [5.41, 5.74) is 1.56. The molecule has 1 aliphatic rings. The molecule has 0 amide bonds. The van der Waals surface area contributed by atoms with Gasteiger partial charge in [0, 0.05) is 29.9 Å². The maximum Gasteiger partial charge on any atom is 0.236 e. The maximum absolute atomic E-state index is 12.7. The Labute approximate surface area is 172 Å². The molecule has 3 rings (SSSR count). The summed E-state index contributed by atoms with van der Waals surface area (Å²) in [4.78, 5) is 0. The van der Waals surface area contributed by atoms with Gasteiger partial charge in [0.15, 0.2) is 0 Å². The lowest BCUT2D eigenvalue weighted by atomic mass is 10.2. The molecule has 0 spiro atoms. The third-order valence-electron chi connectivity index (χ3n) is 4.39. The van der Waals surface area contributed by atoms with Gasteiger partial charge in [0.05, 0.1) is 0 Å². The largest absolute Gasteiger partial charge is 0.236 e. The number of hydrogen-bond donors (Lipinski definition) is 1. The second-order valence-corrected chi connectivity index (χ2v) is 10.2. The van der Waals surface area contributed by atoms with Gasteiger partial charge in [-0.15, -0.1) is 0 Å². The van der Waals surface area contributed by atoms with Crippen LogP contribution < -0.4 is 4.72 Å². The first kappa shape index (κ1) is 21.4. The molecule has 0 heterocycles. The molecule has 0 atom stereocenters. The van der Waals surface area contributed by atoms with Crippen LogP contribution in [0, 0.1) is 0 Å². The van der Waals surface area contributed by atoms with E-state index in [1.54, 1.807) is 18.2 Å². The van der Waals surface area contributed by atoms with Crippen LogP contribution in [0.5, 0.6) is 0 Å². The zero-order valence-corrected chi connectivity index (χ0v) is 17.5. The first-order valence-electron chi connectivity index (χ1n) is 9.33. The molecule has 1 N–H and O–H groups in total. The fourth-order valence-corrected chi connectivity index (χ4v) is 5.03. The van der Waals surface area contributed by atoms with E-state index in [-0.39, 0.29) is 19.1 Å². The topological polar surface area (TPSA) is 83.6 Å². The van der Waals surface area contributed by atoms with Crippen molar-refractivity contribution in [2.45, 2.75) is 18.9 Å². The highest BCUT2D eigenvalue weighted by molar-refractivity contribution is 7.92. The fourth-order valence-electron chi connectivity index (χ4n) is 2.77. The molecule has 154 valence electrons. The zero-order valence-electron chi connectivity index (χ0n) is 15.9. The highest BCUT2D eigenvalue weighted by Gasteiger charge is 2.35. The zero-order chi connectivity index (χ0) is 20.7. The third-order valence-corrected chi connectivity index (χ3v) is 7.10. The minimum atomic E-state index is -3.65. The van der Waals surface area contributed by atoms with Gasteiger partial charge in [-0.3, -0.25) is 0 Å². The Balaban J connectivity index is 1.59. The van der Waals surface area contributed by atoms with Crippen molar-refractivity contribution in [3.63, 3.8) is 0 Å². The predicted octanol–water partition coefficient (Wildman–Crippen LogP) is 3.04. The van der Waals surface area contributed by atoms with E-state index in [4.69, 9.17) is 0 Å². The molecule has 1 saturated carbocycles. The van der Waals surface area contributed by atoms with Gasteiger partial charge in [0.1, 0.15) is 0 Å². The van der Waals surface area contributed by atoms with Crippen molar-refractivity contribution in [2.75, 3.05) is 13.1 Å². The molecule has 1 fully saturated rings. The lowest BCUT2D eigenvalue weighted by Crippen LogP contribution is -2.38. The Morgan fingerprint density at radius 2 is 1.34 bits per heavy atom. The normalized spacial score (nSPS) is 15.5. The van der Waals surface area contributed by atoms with Crippen LogP contribution in [-0.4, -0.2) is 40.3 Å². The van der Waals surface area contributed by atoms with Gasteiger partial charge in [0.25, 0.3) is 0 Å². The summed E-state index contributed by atoms with van der Waals surface area (Å²) in [6.45, 7) is 0.0981. The molecule has 0 aromatic heterocycles. The van der Waals surface area contributed by atoms with Crippen LogP contribution in [0.1, 0.15) is 24.0 Å². The molecule has 2 aromatic carbocycles. The van der Waals surface area contributed by atoms with Crippen LogP contribution >= 0.6 is 0 Å². The summed E-state index contributed by atoms with van der Waals surface area (Å²) in [6.07, 6.45) is 4.63. The smallest absolute Gasteiger partial charge is 0.210 e. The number of hydrogen-bond acceptors (Lipinski definition) is 4. The van der Waals surface area contributed by atoms with E-state index in [2.05, 4.69) is 4.72 Å². The number of sulfonamides is 2. The Morgan fingerprint density at radius 3 is 1.86 bits per heavy atom. The second kappa shape index (κ2) is 9.49. The van der Waals surface area contributed by atoms with Gasteiger partial charge in [-0.25, -0.2) is 21.6 Å². The van der Waals surface area contributed by atoms with Crippen LogP contribution in [0.2, 0.25) is 0 Å². The van der Waals surface area contributed by atoms with Gasteiger partial charge in [-0.05, 0) is 36.1 Å². The van der Waals surface area contributed by atoms with E-state index in [1.165, 1.54) is 15.8 Å². The number of benzene rings is 2. The minimum Gasteiger partial charge on any atom is -0.210 e. The van der Waals surface area contributed by atoms with Gasteiger partial charge in [-0.2, -0.15) is 4.31 Å². The van der Waals surface area contributed by atoms with Crippen molar-refractivity contribution in [3.05, 3.63) is 82.6 Å². The molecular weight excluding hydrogens is 408 g/mol. The maximum atomic E-state index is 12.7. The first-order valence-corrected chi connectivity index (χ1v) is 12.4. The second-order valence-electron chi connectivity index (χ2n) is 6.75. The Morgan fingerprint density at radius 1 is 0.828 bits per heavy atom. The average Bonchev–Trinajstić information content (AvgIpc) is 3.55. The van der Waals surface area contributed by atoms with Crippen LogP contribution in [0.15, 0.2) is 71.5 Å². The van der Waals surface area contributed by atoms with Crippen molar-refractivity contribution in [1.82, 2.24) is 9.03 Å². The highest BCUT2D eigenvalue weighted by Crippen LogP contribution is 2.29. The monoisotopic (exact) mass is 432 g/mol. The van der Waals surface area contributed by atoms with Crippen molar-refractivity contribution in [3.8, 4) is 0 Å². The van der Waals surface area contributed by atoms with Gasteiger partial charge >= 0.3 is 0 Å². The third kappa shape index (κ3) is 6.93. The minimum absolute atomic E-state index is 0.0103. The lowest BCUT2D eigenvalue weighted by molar-refractivity contribution is 0.412. The van der Waals surface area contributed by atoms with Crippen molar-refractivity contribution >= 4 is 32.2 Å². The van der Waals surface area contributed by atoms with Crippen LogP contribution in [-0.2, 0) is 20.0 Å². The van der Waals surface area contributed by atoms with Crippen molar-refractivity contribution in [1.29, 1.82) is 0 Å². The molecule has 0 aliphatic heterocycles. The SMILES string of the molecule is O=S(=O)(C=Cc1ccccc1)NCCN(C1CC1)S(=O)(=O)C=Cc1ccccc1. The van der Waals surface area contributed by atoms with E-state index in [1.807, 2.05) is 48.5 Å². The fraction of sp³-hybridized carbons (Fsp3) is 0.238. The van der Waals surface area contributed by atoms with E-state index >= 15 is 0 Å². The van der Waals surface area contributed by atoms with Crippen LogP contribution in [0.4, 0.5) is 0 Å². The molecule has 2 aromatic rings. The summed E-state index contributed by atoms with van der Waals surface area (Å²) in [5, 5.41) is 2.28. The van der Waals surface area contributed by atoms with Crippen LogP contribution in [0.25, 0.3) is 12.2 Å². The Bertz CT molecular complexity index is 1060. The molecule has 0 bridgehead atoms. The highest BCUT2D eigenvalue weighted by atomic mass is 32.2. The summed E-state index contributed by atoms with van der Waals surface area (Å²) >= 11 is 0. The van der Waals surface area contributed by atoms with Crippen LogP contribution in [0.3, 0.4) is 0 Å². The van der Waals surface area contributed by atoms with Gasteiger partial charge in [-0.1, -0.05) is 60.7 Å². The molecule has 1 aliphatic carbocycles. The van der Waals surface area contributed by atoms with Crippen molar-refractivity contribution < 1.29 is 16.8 Å². The summed E-state index contributed by atoms with van der Waals surface area (Å²) in [7, 11) is -7.28. The Hall–Kier alpha value is -2.26. The first-order chi connectivity index (χ1) is 13.9. The van der Waals surface area contributed by atoms with E-state index < -0.39 is 20.0 Å². The number of nitrogens with zero attached hydrogens (tertiary/aromatic N) is 1. The molecule has 8 heteroatoms. The summed E-state index contributed by atoms with van der Waals surface area (Å²) < 4.78 is 53.5. The standard InChI is InChI=1S/C21H24N2O4S2/c24-28(25,17-13-19-7-3-1-4-8-19)22-15-16-23(21-11-12-21)29(26,27)18-14-20-9-5-2-6-10-20/h1-10,13-14,17-18,21-22H,11-12,15-16H2. The van der Waals surface area contributed by atoms with Crippen molar-refractivity contribution in [2.24, 2.45) is 0 Å². The lowest BCUT2D eigenvalue weighted by Gasteiger charge is -2.19. The molecular formula is C21H24N2O4S2. The van der Waals surface area contributed by atoms with E-state index in [9.17, 15) is 16.8 Å².